The van der Waals surface area contributed by atoms with Crippen molar-refractivity contribution in [1.29, 1.82) is 0 Å². The van der Waals surface area contributed by atoms with Crippen LogP contribution in [0.5, 0.6) is 0 Å². The summed E-state index contributed by atoms with van der Waals surface area (Å²) in [4.78, 5) is 13.2. The van der Waals surface area contributed by atoms with Crippen LogP contribution in [0.2, 0.25) is 0 Å². The molecule has 1 fully saturated rings. The van der Waals surface area contributed by atoms with E-state index in [4.69, 9.17) is 4.74 Å². The fourth-order valence-electron chi connectivity index (χ4n) is 4.11. The maximum absolute atomic E-state index is 13.2. The van der Waals surface area contributed by atoms with Gasteiger partial charge in [-0.15, -0.1) is 10.2 Å². The zero-order valence-corrected chi connectivity index (χ0v) is 16.5. The van der Waals surface area contributed by atoms with E-state index in [2.05, 4.69) is 20.6 Å². The molecule has 2 aliphatic heterocycles. The Morgan fingerprint density at radius 2 is 1.74 bits per heavy atom. The molecule has 1 saturated heterocycles. The minimum atomic E-state index is -1.46. The average molecular weight is 426 g/mol. The molecule has 0 saturated carbocycles. The molecule has 0 aliphatic carbocycles. The van der Waals surface area contributed by atoms with Crippen molar-refractivity contribution >= 4 is 5.78 Å². The van der Waals surface area contributed by atoms with E-state index in [0.717, 1.165) is 5.56 Å². The topological polar surface area (TPSA) is 148 Å². The lowest BCUT2D eigenvalue weighted by atomic mass is 9.91. The number of rotatable bonds is 1. The van der Waals surface area contributed by atoms with Crippen LogP contribution in [-0.4, -0.2) is 81.6 Å². The normalized spacial score (nSPS) is 28.9. The Kier molecular flexibility index (Phi) is 5.10. The fourth-order valence-corrected chi connectivity index (χ4v) is 4.11. The van der Waals surface area contributed by atoms with Crippen molar-refractivity contribution in [2.24, 2.45) is 0 Å². The molecule has 6 bridgehead atoms. The summed E-state index contributed by atoms with van der Waals surface area (Å²) >= 11 is 0. The molecule has 0 unspecified atom stereocenters. The maximum atomic E-state index is 13.2. The van der Waals surface area contributed by atoms with Crippen molar-refractivity contribution in [3.63, 3.8) is 0 Å². The van der Waals surface area contributed by atoms with Crippen LogP contribution < -0.4 is 0 Å². The highest BCUT2D eigenvalue weighted by Crippen LogP contribution is 2.28. The molecular weight excluding hydrogens is 404 g/mol. The maximum Gasteiger partial charge on any atom is 0.188 e. The number of fused-ring (bicyclic) bond motifs is 6. The van der Waals surface area contributed by atoms with E-state index in [-0.39, 0.29) is 24.4 Å². The second-order valence-electron chi connectivity index (χ2n) is 7.87. The van der Waals surface area contributed by atoms with Crippen molar-refractivity contribution < 1.29 is 24.9 Å². The number of ketones is 1. The Balaban J connectivity index is 1.58. The lowest BCUT2D eigenvalue weighted by molar-refractivity contribution is -0.224. The molecule has 11 nitrogen and oxygen atoms in total. The monoisotopic (exact) mass is 426 g/mol. The molecule has 11 heteroatoms. The number of hydrogen-bond donors (Lipinski definition) is 3. The third kappa shape index (κ3) is 3.65. The highest BCUT2D eigenvalue weighted by atomic mass is 16.5. The molecule has 4 heterocycles. The number of aromatic nitrogens is 6. The van der Waals surface area contributed by atoms with Crippen molar-refractivity contribution in [3.05, 3.63) is 47.9 Å². The van der Waals surface area contributed by atoms with Gasteiger partial charge in [-0.2, -0.15) is 0 Å². The van der Waals surface area contributed by atoms with E-state index in [1.165, 1.54) is 4.68 Å². The number of aliphatic hydroxyl groups excluding tert-OH is 3. The summed E-state index contributed by atoms with van der Waals surface area (Å²) in [5.74, 6) is -0.370. The van der Waals surface area contributed by atoms with Gasteiger partial charge in [0.2, 0.25) is 0 Å². The summed E-state index contributed by atoms with van der Waals surface area (Å²) in [6.07, 6.45) is -4.07. The van der Waals surface area contributed by atoms with Crippen molar-refractivity contribution in [3.8, 4) is 11.3 Å². The number of carbonyl (C=O) groups excluding carboxylic acids is 1. The van der Waals surface area contributed by atoms with E-state index in [0.29, 0.717) is 24.4 Å². The number of benzene rings is 1. The van der Waals surface area contributed by atoms with Gasteiger partial charge in [0.1, 0.15) is 24.4 Å². The molecule has 1 aromatic carbocycles. The van der Waals surface area contributed by atoms with Gasteiger partial charge in [0, 0.05) is 31.1 Å². The molecule has 3 aromatic rings. The highest BCUT2D eigenvalue weighted by Gasteiger charge is 2.45. The van der Waals surface area contributed by atoms with E-state index < -0.39 is 30.5 Å². The van der Waals surface area contributed by atoms with Crippen molar-refractivity contribution in [2.45, 2.75) is 56.5 Å². The minimum absolute atomic E-state index is 0.124. The number of Topliss-reactive ketones (excluding diaryl/α,β-unsaturated/α-hetero) is 1. The number of nitrogens with zero attached hydrogens (tertiary/aromatic N) is 6. The molecule has 31 heavy (non-hydrogen) atoms. The first-order valence-corrected chi connectivity index (χ1v) is 10.1. The first kappa shape index (κ1) is 19.9. The van der Waals surface area contributed by atoms with E-state index in [9.17, 15) is 20.1 Å². The summed E-state index contributed by atoms with van der Waals surface area (Å²) in [7, 11) is 0. The molecule has 2 aromatic heterocycles. The lowest BCUT2D eigenvalue weighted by Crippen LogP contribution is -2.58. The van der Waals surface area contributed by atoms with Gasteiger partial charge in [-0.05, 0) is 0 Å². The average Bonchev–Trinajstić information content (AvgIpc) is 3.40. The van der Waals surface area contributed by atoms with Crippen LogP contribution in [0.4, 0.5) is 0 Å². The molecule has 0 amide bonds. The highest BCUT2D eigenvalue weighted by molar-refractivity contribution is 5.99. The number of ether oxygens (including phenoxy) is 1. The molecule has 0 radical (unpaired) electrons. The van der Waals surface area contributed by atoms with Crippen LogP contribution in [0, 0.1) is 0 Å². The number of carbonyl (C=O) groups is 1. The van der Waals surface area contributed by atoms with Crippen LogP contribution in [0.3, 0.4) is 0 Å². The third-order valence-electron chi connectivity index (χ3n) is 5.78. The Hall–Kier alpha value is -2.99. The van der Waals surface area contributed by atoms with Crippen molar-refractivity contribution in [2.75, 3.05) is 0 Å². The molecular formula is C20H22N6O5. The second kappa shape index (κ2) is 7.93. The summed E-state index contributed by atoms with van der Waals surface area (Å²) < 4.78 is 9.01. The van der Waals surface area contributed by atoms with Gasteiger partial charge in [0.15, 0.2) is 11.5 Å². The molecule has 5 atom stereocenters. The van der Waals surface area contributed by atoms with Crippen LogP contribution >= 0.6 is 0 Å². The number of aryl methyl sites for hydroxylation is 2. The van der Waals surface area contributed by atoms with Gasteiger partial charge in [-0.3, -0.25) is 4.79 Å². The van der Waals surface area contributed by atoms with Crippen LogP contribution in [0.25, 0.3) is 11.3 Å². The number of hydrogen-bond acceptors (Lipinski definition) is 9. The Bertz CT molecular complexity index is 1080. The van der Waals surface area contributed by atoms with Gasteiger partial charge >= 0.3 is 0 Å². The standard InChI is InChI=1S/C20H22N6O5/c27-13-8-14-18(28)20(30)19(29)15(31-14)10-25-9-12(21-23-25)6-7-26-17(16(13)22-24-26)11-4-2-1-3-5-11/h1-5,9,14-15,18-20,28-30H,6-8,10H2/t14-,15+,18-,19+,20+/m0/s1. The van der Waals surface area contributed by atoms with Crippen molar-refractivity contribution in [1.82, 2.24) is 30.0 Å². The predicted molar refractivity (Wildman–Crippen MR) is 105 cm³/mol. The number of aliphatic hydroxyl groups is 3. The summed E-state index contributed by atoms with van der Waals surface area (Å²) in [6, 6.07) is 9.34. The van der Waals surface area contributed by atoms with Gasteiger partial charge in [-0.1, -0.05) is 40.8 Å². The third-order valence-corrected chi connectivity index (χ3v) is 5.78. The van der Waals surface area contributed by atoms with Gasteiger partial charge < -0.3 is 20.1 Å². The van der Waals surface area contributed by atoms with Crippen LogP contribution in [0.1, 0.15) is 22.6 Å². The SMILES string of the molecule is O=C1C[C@@H]2O[C@H](Cn3cc(nn3)CCn3nnc1c3-c1ccccc1)[C@@H](O)[C@H](O)[C@H]2O. The van der Waals surface area contributed by atoms with E-state index in [1.807, 2.05) is 30.3 Å². The quantitative estimate of drug-likeness (QED) is 0.455. The minimum Gasteiger partial charge on any atom is -0.388 e. The van der Waals surface area contributed by atoms with Gasteiger partial charge in [0.25, 0.3) is 0 Å². The summed E-state index contributed by atoms with van der Waals surface area (Å²) in [5.41, 5.74) is 2.21. The van der Waals surface area contributed by atoms with E-state index >= 15 is 0 Å². The molecule has 2 aliphatic rings. The molecule has 3 N–H and O–H groups in total. The van der Waals surface area contributed by atoms with Crippen LogP contribution in [-0.2, 0) is 24.2 Å². The zero-order chi connectivity index (χ0) is 21.5. The van der Waals surface area contributed by atoms with Gasteiger partial charge in [-0.25, -0.2) is 9.36 Å². The smallest absolute Gasteiger partial charge is 0.188 e. The predicted octanol–water partition coefficient (Wildman–Crippen LogP) is -0.784. The molecule has 5 rings (SSSR count). The molecule has 0 spiro atoms. The summed E-state index contributed by atoms with van der Waals surface area (Å²) in [5, 5.41) is 47.7. The Morgan fingerprint density at radius 3 is 2.55 bits per heavy atom. The Morgan fingerprint density at radius 1 is 0.968 bits per heavy atom. The first-order valence-electron chi connectivity index (χ1n) is 10.1. The summed E-state index contributed by atoms with van der Waals surface area (Å²) in [6.45, 7) is 0.565. The first-order chi connectivity index (χ1) is 15.0. The van der Waals surface area contributed by atoms with Gasteiger partial charge in [0.05, 0.1) is 24.0 Å². The largest absolute Gasteiger partial charge is 0.388 e. The van der Waals surface area contributed by atoms with E-state index in [1.54, 1.807) is 10.9 Å². The zero-order valence-electron chi connectivity index (χ0n) is 16.5. The fraction of sp³-hybridized carbons (Fsp3) is 0.450. The molecule has 162 valence electrons. The lowest BCUT2D eigenvalue weighted by Gasteiger charge is -2.40. The Labute approximate surface area is 176 Å². The second-order valence-corrected chi connectivity index (χ2v) is 7.87. The van der Waals surface area contributed by atoms with Crippen LogP contribution in [0.15, 0.2) is 36.5 Å².